The number of nitrogens with two attached hydrogens (primary N) is 1. The fraction of sp³-hybridized carbons (Fsp3) is 0.500. The third-order valence-corrected chi connectivity index (χ3v) is 3.10. The molecule has 5 nitrogen and oxygen atoms in total. The van der Waals surface area contributed by atoms with E-state index in [1.54, 1.807) is 14.2 Å². The maximum atomic E-state index is 11.1. The standard InChI is InChI=1S/C14H21NO4/c1-9-12(17-2)7-5-10(14(9)19-4)11(15)6-8-13(16)18-3/h5,7,11H,6,8,15H2,1-4H3. The van der Waals surface area contributed by atoms with Gasteiger partial charge < -0.3 is 19.9 Å². The number of esters is 1. The molecule has 106 valence electrons. The van der Waals surface area contributed by atoms with Gasteiger partial charge in [-0.2, -0.15) is 0 Å². The smallest absolute Gasteiger partial charge is 0.305 e. The van der Waals surface area contributed by atoms with E-state index in [0.717, 1.165) is 16.9 Å². The van der Waals surface area contributed by atoms with Gasteiger partial charge in [-0.3, -0.25) is 4.79 Å². The molecule has 1 aromatic rings. The Balaban J connectivity index is 2.93. The van der Waals surface area contributed by atoms with Crippen LogP contribution in [0.25, 0.3) is 0 Å². The molecule has 5 heteroatoms. The molecule has 0 amide bonds. The van der Waals surface area contributed by atoms with Crippen molar-refractivity contribution in [3.8, 4) is 11.5 Å². The minimum Gasteiger partial charge on any atom is -0.496 e. The zero-order valence-corrected chi connectivity index (χ0v) is 11.9. The maximum Gasteiger partial charge on any atom is 0.305 e. The van der Waals surface area contributed by atoms with E-state index < -0.39 is 0 Å². The zero-order chi connectivity index (χ0) is 14.4. The molecule has 1 atom stereocenters. The molecule has 0 bridgehead atoms. The summed E-state index contributed by atoms with van der Waals surface area (Å²) >= 11 is 0. The first kappa shape index (κ1) is 15.3. The zero-order valence-electron chi connectivity index (χ0n) is 11.9. The first-order valence-electron chi connectivity index (χ1n) is 6.09. The Morgan fingerprint density at radius 2 is 1.95 bits per heavy atom. The van der Waals surface area contributed by atoms with Crippen LogP contribution in [-0.2, 0) is 9.53 Å². The van der Waals surface area contributed by atoms with E-state index in [-0.39, 0.29) is 18.4 Å². The molecule has 1 aromatic carbocycles. The van der Waals surface area contributed by atoms with Gasteiger partial charge in [-0.15, -0.1) is 0 Å². The Hall–Kier alpha value is -1.75. The van der Waals surface area contributed by atoms with Crippen molar-refractivity contribution < 1.29 is 19.0 Å². The van der Waals surface area contributed by atoms with Crippen molar-refractivity contribution in [1.82, 2.24) is 0 Å². The van der Waals surface area contributed by atoms with E-state index in [1.807, 2.05) is 19.1 Å². The molecule has 0 heterocycles. The van der Waals surface area contributed by atoms with Crippen LogP contribution >= 0.6 is 0 Å². The highest BCUT2D eigenvalue weighted by molar-refractivity contribution is 5.69. The van der Waals surface area contributed by atoms with Crippen LogP contribution in [0.3, 0.4) is 0 Å². The monoisotopic (exact) mass is 267 g/mol. The normalized spacial score (nSPS) is 11.8. The summed E-state index contributed by atoms with van der Waals surface area (Å²) in [6.07, 6.45) is 0.792. The summed E-state index contributed by atoms with van der Waals surface area (Å²) in [5, 5.41) is 0. The molecule has 0 aliphatic rings. The fourth-order valence-electron chi connectivity index (χ4n) is 2.01. The second kappa shape index (κ2) is 6.99. The lowest BCUT2D eigenvalue weighted by Crippen LogP contribution is -2.14. The topological polar surface area (TPSA) is 70.8 Å². The predicted molar refractivity (Wildman–Crippen MR) is 72.5 cm³/mol. The van der Waals surface area contributed by atoms with Crippen LogP contribution in [0.5, 0.6) is 11.5 Å². The number of benzene rings is 1. The molecule has 0 spiro atoms. The number of methoxy groups -OCH3 is 3. The highest BCUT2D eigenvalue weighted by atomic mass is 16.5. The molecule has 0 saturated heterocycles. The molecule has 0 saturated carbocycles. The van der Waals surface area contributed by atoms with E-state index in [9.17, 15) is 4.79 Å². The number of hydrogen-bond acceptors (Lipinski definition) is 5. The molecule has 0 aliphatic heterocycles. The SMILES string of the molecule is COC(=O)CCC(N)c1ccc(OC)c(C)c1OC. The second-order valence-electron chi connectivity index (χ2n) is 4.24. The quantitative estimate of drug-likeness (QED) is 0.798. The number of rotatable bonds is 6. The molecule has 19 heavy (non-hydrogen) atoms. The van der Waals surface area contributed by atoms with Crippen molar-refractivity contribution in [2.45, 2.75) is 25.8 Å². The number of carbonyl (C=O) groups is 1. The van der Waals surface area contributed by atoms with Crippen LogP contribution in [0, 0.1) is 6.92 Å². The van der Waals surface area contributed by atoms with Gasteiger partial charge in [0, 0.05) is 23.6 Å². The number of hydrogen-bond donors (Lipinski definition) is 1. The molecule has 0 aromatic heterocycles. The van der Waals surface area contributed by atoms with Crippen LogP contribution in [0.1, 0.15) is 30.0 Å². The third-order valence-electron chi connectivity index (χ3n) is 3.10. The highest BCUT2D eigenvalue weighted by Crippen LogP contribution is 2.35. The summed E-state index contributed by atoms with van der Waals surface area (Å²) in [5.74, 6) is 1.19. The molecule has 1 unspecified atom stereocenters. The lowest BCUT2D eigenvalue weighted by molar-refractivity contribution is -0.140. The third kappa shape index (κ3) is 3.61. The summed E-state index contributed by atoms with van der Waals surface area (Å²) in [4.78, 5) is 11.1. The molecule has 0 fully saturated rings. The van der Waals surface area contributed by atoms with Gasteiger partial charge in [0.25, 0.3) is 0 Å². The Bertz CT molecular complexity index is 445. The van der Waals surface area contributed by atoms with Crippen molar-refractivity contribution in [1.29, 1.82) is 0 Å². The van der Waals surface area contributed by atoms with Gasteiger partial charge in [0.2, 0.25) is 0 Å². The van der Waals surface area contributed by atoms with Gasteiger partial charge in [0.1, 0.15) is 11.5 Å². The van der Waals surface area contributed by atoms with Gasteiger partial charge in [-0.05, 0) is 19.4 Å². The van der Waals surface area contributed by atoms with Gasteiger partial charge in [0.05, 0.1) is 21.3 Å². The van der Waals surface area contributed by atoms with Crippen LogP contribution in [-0.4, -0.2) is 27.3 Å². The largest absolute Gasteiger partial charge is 0.496 e. The summed E-state index contributed by atoms with van der Waals surface area (Å²) in [7, 11) is 4.57. The molecule has 0 radical (unpaired) electrons. The molecular formula is C14H21NO4. The van der Waals surface area contributed by atoms with Gasteiger partial charge >= 0.3 is 5.97 Å². The van der Waals surface area contributed by atoms with E-state index in [4.69, 9.17) is 15.2 Å². The Morgan fingerprint density at radius 1 is 1.26 bits per heavy atom. The summed E-state index contributed by atoms with van der Waals surface area (Å²) in [5.41, 5.74) is 7.87. The minimum absolute atomic E-state index is 0.264. The summed E-state index contributed by atoms with van der Waals surface area (Å²) in [6, 6.07) is 3.44. The molecular weight excluding hydrogens is 246 g/mol. The predicted octanol–water partition coefficient (Wildman–Crippen LogP) is 1.97. The first-order chi connectivity index (χ1) is 9.04. The van der Waals surface area contributed by atoms with E-state index >= 15 is 0 Å². The minimum atomic E-state index is -0.279. The molecule has 1 rings (SSSR count). The van der Waals surface area contributed by atoms with Crippen LogP contribution in [0.4, 0.5) is 0 Å². The van der Waals surface area contributed by atoms with E-state index in [1.165, 1.54) is 7.11 Å². The van der Waals surface area contributed by atoms with Crippen LogP contribution in [0.2, 0.25) is 0 Å². The highest BCUT2D eigenvalue weighted by Gasteiger charge is 2.17. The van der Waals surface area contributed by atoms with E-state index in [0.29, 0.717) is 12.2 Å². The van der Waals surface area contributed by atoms with Crippen molar-refractivity contribution in [3.63, 3.8) is 0 Å². The van der Waals surface area contributed by atoms with Crippen LogP contribution in [0.15, 0.2) is 12.1 Å². The molecule has 2 N–H and O–H groups in total. The number of ether oxygens (including phenoxy) is 3. The van der Waals surface area contributed by atoms with Crippen molar-refractivity contribution in [3.05, 3.63) is 23.3 Å². The average molecular weight is 267 g/mol. The maximum absolute atomic E-state index is 11.1. The Kier molecular flexibility index (Phi) is 5.63. The Morgan fingerprint density at radius 3 is 2.47 bits per heavy atom. The van der Waals surface area contributed by atoms with Crippen molar-refractivity contribution >= 4 is 5.97 Å². The number of carbonyl (C=O) groups excluding carboxylic acids is 1. The van der Waals surface area contributed by atoms with Crippen molar-refractivity contribution in [2.24, 2.45) is 5.73 Å². The van der Waals surface area contributed by atoms with Gasteiger partial charge in [0.15, 0.2) is 0 Å². The van der Waals surface area contributed by atoms with Gasteiger partial charge in [-0.25, -0.2) is 0 Å². The lowest BCUT2D eigenvalue weighted by atomic mass is 9.99. The lowest BCUT2D eigenvalue weighted by Gasteiger charge is -2.18. The Labute approximate surface area is 113 Å². The fourth-order valence-corrected chi connectivity index (χ4v) is 2.01. The average Bonchev–Trinajstić information content (AvgIpc) is 2.43. The first-order valence-corrected chi connectivity index (χ1v) is 6.09. The van der Waals surface area contributed by atoms with Crippen molar-refractivity contribution in [2.75, 3.05) is 21.3 Å². The summed E-state index contributed by atoms with van der Waals surface area (Å²) < 4.78 is 15.2. The second-order valence-corrected chi connectivity index (χ2v) is 4.24. The van der Waals surface area contributed by atoms with Gasteiger partial charge in [-0.1, -0.05) is 6.07 Å². The summed E-state index contributed by atoms with van der Waals surface area (Å²) in [6.45, 7) is 1.91. The van der Waals surface area contributed by atoms with E-state index in [2.05, 4.69) is 4.74 Å². The van der Waals surface area contributed by atoms with Crippen LogP contribution < -0.4 is 15.2 Å². The molecule has 0 aliphatic carbocycles.